The lowest BCUT2D eigenvalue weighted by molar-refractivity contribution is -0.140. The van der Waals surface area contributed by atoms with Gasteiger partial charge >= 0.3 is 5.97 Å². The van der Waals surface area contributed by atoms with Gasteiger partial charge in [0.1, 0.15) is 0 Å². The van der Waals surface area contributed by atoms with E-state index in [1.54, 1.807) is 27.7 Å². The monoisotopic (exact) mass is 220 g/mol. The molecule has 0 aromatic heterocycles. The van der Waals surface area contributed by atoms with E-state index in [1.165, 1.54) is 0 Å². The third-order valence-electron chi connectivity index (χ3n) is 1.70. The Labute approximate surface area is 91.9 Å². The quantitative estimate of drug-likeness (QED) is 0.673. The van der Waals surface area contributed by atoms with Crippen LogP contribution in [-0.2, 0) is 4.79 Å². The number of aliphatic hydroxyl groups excluding tert-OH is 1. The van der Waals surface area contributed by atoms with Crippen LogP contribution >= 0.6 is 0 Å². The first-order valence-corrected chi connectivity index (χ1v) is 5.23. The highest BCUT2D eigenvalue weighted by molar-refractivity contribution is 5.68. The van der Waals surface area contributed by atoms with Gasteiger partial charge in [0.2, 0.25) is 0 Å². The van der Waals surface area contributed by atoms with Gasteiger partial charge in [0.05, 0.1) is 17.6 Å². The Morgan fingerprint density at radius 1 is 1.33 bits per heavy atom. The lowest BCUT2D eigenvalue weighted by Crippen LogP contribution is -2.25. The fraction of sp³-hybridized carbons (Fsp3) is 0.909. The van der Waals surface area contributed by atoms with Crippen molar-refractivity contribution in [2.75, 3.05) is 0 Å². The first-order chi connectivity index (χ1) is 6.60. The molecular formula is C11H24O4. The van der Waals surface area contributed by atoms with Crippen molar-refractivity contribution in [1.82, 2.24) is 0 Å². The van der Waals surface area contributed by atoms with Crippen LogP contribution in [0.3, 0.4) is 0 Å². The summed E-state index contributed by atoms with van der Waals surface area (Å²) in [5.74, 6) is -0.972. The molecule has 0 aliphatic carbocycles. The second-order valence-corrected chi connectivity index (χ2v) is 4.57. The summed E-state index contributed by atoms with van der Waals surface area (Å²) >= 11 is 0. The summed E-state index contributed by atoms with van der Waals surface area (Å²) in [7, 11) is 0. The molecule has 0 aliphatic heterocycles. The van der Waals surface area contributed by atoms with Gasteiger partial charge in [-0.15, -0.1) is 0 Å². The van der Waals surface area contributed by atoms with Crippen molar-refractivity contribution in [1.29, 1.82) is 0 Å². The molecule has 0 fully saturated rings. The standard InChI is InChI=1S/C7H16O2.C4H8O2/c1-4-6(8)5-7(2,3)9;1-3(2)4(5)6/h6,8-9H,4-5H2,1-3H3;3H,1-2H3,(H,5,6). The van der Waals surface area contributed by atoms with Crippen molar-refractivity contribution < 1.29 is 20.1 Å². The molecule has 92 valence electrons. The minimum atomic E-state index is -0.741. The van der Waals surface area contributed by atoms with Crippen molar-refractivity contribution in [3.63, 3.8) is 0 Å². The van der Waals surface area contributed by atoms with E-state index < -0.39 is 11.6 Å². The van der Waals surface area contributed by atoms with Gasteiger partial charge < -0.3 is 15.3 Å². The van der Waals surface area contributed by atoms with Crippen molar-refractivity contribution >= 4 is 5.97 Å². The van der Waals surface area contributed by atoms with Crippen molar-refractivity contribution in [2.45, 2.75) is 59.2 Å². The third-order valence-corrected chi connectivity index (χ3v) is 1.70. The summed E-state index contributed by atoms with van der Waals surface area (Å²) in [6, 6.07) is 0. The van der Waals surface area contributed by atoms with Gasteiger partial charge in [0.15, 0.2) is 0 Å². The Morgan fingerprint density at radius 2 is 1.67 bits per heavy atom. The van der Waals surface area contributed by atoms with E-state index in [0.29, 0.717) is 12.8 Å². The average Bonchev–Trinajstić information content (AvgIpc) is 2.02. The van der Waals surface area contributed by atoms with Gasteiger partial charge in [-0.05, 0) is 20.3 Å². The second-order valence-electron chi connectivity index (χ2n) is 4.57. The van der Waals surface area contributed by atoms with Crippen LogP contribution < -0.4 is 0 Å². The van der Waals surface area contributed by atoms with Crippen molar-refractivity contribution in [3.05, 3.63) is 0 Å². The lowest BCUT2D eigenvalue weighted by atomic mass is 10.00. The number of hydrogen-bond donors (Lipinski definition) is 3. The molecule has 4 nitrogen and oxygen atoms in total. The summed E-state index contributed by atoms with van der Waals surface area (Å²) in [5, 5.41) is 26.2. The van der Waals surface area contributed by atoms with Crippen LogP contribution in [0.4, 0.5) is 0 Å². The molecule has 0 bridgehead atoms. The lowest BCUT2D eigenvalue weighted by Gasteiger charge is -2.19. The molecule has 1 atom stereocenters. The summed E-state index contributed by atoms with van der Waals surface area (Å²) in [6.45, 7) is 8.58. The van der Waals surface area contributed by atoms with Crippen LogP contribution in [0.2, 0.25) is 0 Å². The Morgan fingerprint density at radius 3 is 1.73 bits per heavy atom. The molecule has 15 heavy (non-hydrogen) atoms. The number of carboxylic acids is 1. The zero-order chi connectivity index (χ0) is 12.6. The highest BCUT2D eigenvalue weighted by atomic mass is 16.4. The van der Waals surface area contributed by atoms with E-state index in [2.05, 4.69) is 0 Å². The third kappa shape index (κ3) is 16.1. The summed E-state index contributed by atoms with van der Waals surface area (Å²) in [5.41, 5.74) is -0.727. The molecular weight excluding hydrogens is 196 g/mol. The maximum Gasteiger partial charge on any atom is 0.305 e. The minimum Gasteiger partial charge on any atom is -0.481 e. The minimum absolute atomic E-state index is 0.231. The van der Waals surface area contributed by atoms with Gasteiger partial charge in [0, 0.05) is 6.42 Å². The highest BCUT2D eigenvalue weighted by Gasteiger charge is 2.16. The molecule has 0 spiro atoms. The molecule has 0 radical (unpaired) electrons. The van der Waals surface area contributed by atoms with Gasteiger partial charge in [0.25, 0.3) is 0 Å². The van der Waals surface area contributed by atoms with E-state index in [1.807, 2.05) is 6.92 Å². The van der Waals surface area contributed by atoms with E-state index in [4.69, 9.17) is 15.3 Å². The zero-order valence-electron chi connectivity index (χ0n) is 10.3. The van der Waals surface area contributed by atoms with Gasteiger partial charge in [-0.1, -0.05) is 20.8 Å². The maximum atomic E-state index is 9.70. The predicted octanol–water partition coefficient (Wildman–Crippen LogP) is 1.65. The van der Waals surface area contributed by atoms with E-state index in [-0.39, 0.29) is 12.0 Å². The molecule has 3 N–H and O–H groups in total. The van der Waals surface area contributed by atoms with Crippen LogP contribution in [0.25, 0.3) is 0 Å². The normalized spacial score (nSPS) is 13.1. The molecule has 0 aromatic rings. The highest BCUT2D eigenvalue weighted by Crippen LogP contribution is 2.11. The van der Waals surface area contributed by atoms with Gasteiger partial charge in [-0.3, -0.25) is 4.79 Å². The van der Waals surface area contributed by atoms with Crippen LogP contribution in [0.5, 0.6) is 0 Å². The molecule has 1 unspecified atom stereocenters. The zero-order valence-corrected chi connectivity index (χ0v) is 10.3. The fourth-order valence-electron chi connectivity index (χ4n) is 0.721. The number of carboxylic acid groups (broad SMARTS) is 1. The van der Waals surface area contributed by atoms with E-state index in [9.17, 15) is 4.79 Å². The van der Waals surface area contributed by atoms with Crippen molar-refractivity contribution in [2.24, 2.45) is 5.92 Å². The topological polar surface area (TPSA) is 77.8 Å². The van der Waals surface area contributed by atoms with Crippen LogP contribution in [0.1, 0.15) is 47.5 Å². The number of carbonyl (C=O) groups is 1. The van der Waals surface area contributed by atoms with Crippen LogP contribution in [0, 0.1) is 5.92 Å². The molecule has 0 saturated carbocycles. The SMILES string of the molecule is CC(C)C(=O)O.CCC(O)CC(C)(C)O. The van der Waals surface area contributed by atoms with Gasteiger partial charge in [-0.25, -0.2) is 0 Å². The summed E-state index contributed by atoms with van der Waals surface area (Å²) in [4.78, 5) is 9.70. The van der Waals surface area contributed by atoms with E-state index >= 15 is 0 Å². The average molecular weight is 220 g/mol. The molecule has 4 heteroatoms. The van der Waals surface area contributed by atoms with Crippen LogP contribution in [-0.4, -0.2) is 33.0 Å². The maximum absolute atomic E-state index is 9.70. The van der Waals surface area contributed by atoms with E-state index in [0.717, 1.165) is 0 Å². The smallest absolute Gasteiger partial charge is 0.305 e. The summed E-state index contributed by atoms with van der Waals surface area (Å²) in [6.07, 6.45) is 0.818. The second kappa shape index (κ2) is 7.65. The molecule has 0 saturated heterocycles. The van der Waals surface area contributed by atoms with Crippen molar-refractivity contribution in [3.8, 4) is 0 Å². The number of aliphatic carboxylic acids is 1. The number of rotatable bonds is 4. The first-order valence-electron chi connectivity index (χ1n) is 5.23. The number of hydrogen-bond acceptors (Lipinski definition) is 3. The van der Waals surface area contributed by atoms with Gasteiger partial charge in [-0.2, -0.15) is 0 Å². The predicted molar refractivity (Wildman–Crippen MR) is 59.7 cm³/mol. The molecule has 0 rings (SSSR count). The molecule has 0 aromatic carbocycles. The Hall–Kier alpha value is -0.610. The number of aliphatic hydroxyl groups is 2. The first kappa shape index (κ1) is 16.8. The van der Waals surface area contributed by atoms with Crippen LogP contribution in [0.15, 0.2) is 0 Å². The molecule has 0 amide bonds. The largest absolute Gasteiger partial charge is 0.481 e. The summed E-state index contributed by atoms with van der Waals surface area (Å²) < 4.78 is 0. The Kier molecular flexibility index (Phi) is 8.57. The molecule has 0 heterocycles. The molecule has 0 aliphatic rings. The Bertz CT molecular complexity index is 170. The Balaban J connectivity index is 0. The fourth-order valence-corrected chi connectivity index (χ4v) is 0.721.